The lowest BCUT2D eigenvalue weighted by Crippen LogP contribution is -2.26. The third-order valence-corrected chi connectivity index (χ3v) is 3.41. The van der Waals surface area contributed by atoms with E-state index in [0.29, 0.717) is 0 Å². The van der Waals surface area contributed by atoms with Crippen molar-refractivity contribution in [2.75, 3.05) is 11.4 Å². The van der Waals surface area contributed by atoms with Crippen LogP contribution in [0, 0.1) is 0 Å². The van der Waals surface area contributed by atoms with Gasteiger partial charge >= 0.3 is 0 Å². The number of aryl methyl sites for hydroxylation is 2. The zero-order chi connectivity index (χ0) is 12.4. The van der Waals surface area contributed by atoms with Gasteiger partial charge in [-0.05, 0) is 37.0 Å². The second-order valence-corrected chi connectivity index (χ2v) is 4.59. The summed E-state index contributed by atoms with van der Waals surface area (Å²) in [6.07, 6.45) is 5.13. The van der Waals surface area contributed by atoms with Crippen LogP contribution >= 0.6 is 0 Å². The lowest BCUT2D eigenvalue weighted by molar-refractivity contribution is 0.747. The first-order valence-corrected chi connectivity index (χ1v) is 6.56. The van der Waals surface area contributed by atoms with Gasteiger partial charge in [-0.25, -0.2) is 9.97 Å². The minimum absolute atomic E-state index is 0.835. The summed E-state index contributed by atoms with van der Waals surface area (Å²) in [6.45, 7) is 3.13. The normalized spacial score (nSPS) is 14.4. The molecular formula is C15H17N3. The summed E-state index contributed by atoms with van der Waals surface area (Å²) in [4.78, 5) is 11.3. The van der Waals surface area contributed by atoms with E-state index in [1.165, 1.54) is 11.3 Å². The van der Waals surface area contributed by atoms with Gasteiger partial charge in [0.05, 0.1) is 0 Å². The molecule has 0 saturated heterocycles. The van der Waals surface area contributed by atoms with E-state index >= 15 is 0 Å². The second-order valence-electron chi connectivity index (χ2n) is 4.59. The molecule has 1 aliphatic heterocycles. The van der Waals surface area contributed by atoms with Crippen molar-refractivity contribution in [2.24, 2.45) is 0 Å². The van der Waals surface area contributed by atoms with Crippen LogP contribution in [0.3, 0.4) is 0 Å². The van der Waals surface area contributed by atoms with Crippen molar-refractivity contribution in [3.63, 3.8) is 0 Å². The Balaban J connectivity index is 2.02. The Morgan fingerprint density at radius 2 is 2.11 bits per heavy atom. The van der Waals surface area contributed by atoms with E-state index < -0.39 is 0 Å². The van der Waals surface area contributed by atoms with Crippen LogP contribution in [0.25, 0.3) is 0 Å². The summed E-state index contributed by atoms with van der Waals surface area (Å²) in [5.74, 6) is 0.835. The number of para-hydroxylation sites is 1. The second kappa shape index (κ2) is 4.77. The van der Waals surface area contributed by atoms with Crippen LogP contribution in [0.2, 0.25) is 0 Å². The number of hydrogen-bond donors (Lipinski definition) is 0. The van der Waals surface area contributed by atoms with Crippen molar-refractivity contribution in [1.29, 1.82) is 0 Å². The molecule has 0 bridgehead atoms. The van der Waals surface area contributed by atoms with Gasteiger partial charge in [0.1, 0.15) is 0 Å². The van der Waals surface area contributed by atoms with E-state index in [0.717, 1.165) is 37.4 Å². The van der Waals surface area contributed by atoms with Crippen LogP contribution in [0.15, 0.2) is 36.5 Å². The predicted octanol–water partition coefficient (Wildman–Crippen LogP) is 3.12. The number of benzene rings is 1. The Labute approximate surface area is 108 Å². The molecule has 2 heterocycles. The van der Waals surface area contributed by atoms with E-state index in [2.05, 4.69) is 46.1 Å². The third-order valence-electron chi connectivity index (χ3n) is 3.41. The molecule has 3 rings (SSSR count). The summed E-state index contributed by atoms with van der Waals surface area (Å²) >= 11 is 0. The smallest absolute Gasteiger partial charge is 0.230 e. The van der Waals surface area contributed by atoms with Crippen LogP contribution in [0.4, 0.5) is 11.6 Å². The zero-order valence-corrected chi connectivity index (χ0v) is 10.6. The maximum Gasteiger partial charge on any atom is 0.230 e. The first-order chi connectivity index (χ1) is 8.88. The lowest BCUT2D eigenvalue weighted by atomic mass is 10.0. The van der Waals surface area contributed by atoms with Gasteiger partial charge in [-0.2, -0.15) is 0 Å². The van der Waals surface area contributed by atoms with Crippen molar-refractivity contribution >= 4 is 11.6 Å². The first kappa shape index (κ1) is 11.2. The Kier molecular flexibility index (Phi) is 2.97. The van der Waals surface area contributed by atoms with Gasteiger partial charge in [0.2, 0.25) is 5.95 Å². The topological polar surface area (TPSA) is 29.0 Å². The highest BCUT2D eigenvalue weighted by Crippen LogP contribution is 2.31. The molecule has 2 aromatic rings. The van der Waals surface area contributed by atoms with E-state index in [4.69, 9.17) is 0 Å². The van der Waals surface area contributed by atoms with Gasteiger partial charge in [0, 0.05) is 24.1 Å². The van der Waals surface area contributed by atoms with Gasteiger partial charge in [0.15, 0.2) is 0 Å². The molecule has 3 nitrogen and oxygen atoms in total. The van der Waals surface area contributed by atoms with Crippen LogP contribution in [0.1, 0.15) is 24.6 Å². The van der Waals surface area contributed by atoms with Crippen LogP contribution in [-0.2, 0) is 12.8 Å². The fourth-order valence-corrected chi connectivity index (χ4v) is 2.45. The summed E-state index contributed by atoms with van der Waals surface area (Å²) in [7, 11) is 0. The summed E-state index contributed by atoms with van der Waals surface area (Å²) in [6, 6.07) is 10.5. The van der Waals surface area contributed by atoms with Crippen molar-refractivity contribution in [2.45, 2.75) is 26.2 Å². The number of rotatable bonds is 2. The lowest BCUT2D eigenvalue weighted by Gasteiger charge is -2.29. The van der Waals surface area contributed by atoms with Crippen molar-refractivity contribution in [1.82, 2.24) is 9.97 Å². The maximum atomic E-state index is 4.63. The van der Waals surface area contributed by atoms with Gasteiger partial charge in [-0.1, -0.05) is 25.1 Å². The van der Waals surface area contributed by atoms with Gasteiger partial charge < -0.3 is 4.90 Å². The van der Waals surface area contributed by atoms with Crippen LogP contribution < -0.4 is 4.90 Å². The quantitative estimate of drug-likeness (QED) is 0.806. The molecule has 1 aromatic heterocycles. The fourth-order valence-electron chi connectivity index (χ4n) is 2.45. The minimum Gasteiger partial charge on any atom is -0.310 e. The Hall–Kier alpha value is -1.90. The standard InChI is InChI=1S/C15H17N3/c1-2-13-9-10-16-15(17-13)18-11-5-7-12-6-3-4-8-14(12)18/h3-4,6,8-10H,2,5,7,11H2,1H3. The maximum absolute atomic E-state index is 4.63. The molecule has 18 heavy (non-hydrogen) atoms. The Morgan fingerprint density at radius 1 is 1.22 bits per heavy atom. The van der Waals surface area contributed by atoms with Crippen molar-refractivity contribution in [3.8, 4) is 0 Å². The van der Waals surface area contributed by atoms with Crippen LogP contribution in [-0.4, -0.2) is 16.5 Å². The molecule has 0 spiro atoms. The van der Waals surface area contributed by atoms with Crippen molar-refractivity contribution < 1.29 is 0 Å². The van der Waals surface area contributed by atoms with Gasteiger partial charge in [0.25, 0.3) is 0 Å². The van der Waals surface area contributed by atoms with E-state index in [9.17, 15) is 0 Å². The molecule has 0 atom stereocenters. The Morgan fingerprint density at radius 3 is 3.00 bits per heavy atom. The molecular weight excluding hydrogens is 222 g/mol. The molecule has 1 aliphatic rings. The Bertz CT molecular complexity index is 551. The van der Waals surface area contributed by atoms with E-state index in [1.54, 1.807) is 0 Å². The molecule has 0 aliphatic carbocycles. The van der Waals surface area contributed by atoms with Crippen LogP contribution in [0.5, 0.6) is 0 Å². The van der Waals surface area contributed by atoms with E-state index in [-0.39, 0.29) is 0 Å². The average Bonchev–Trinajstić information content (AvgIpc) is 2.47. The number of hydrogen-bond acceptors (Lipinski definition) is 3. The highest BCUT2D eigenvalue weighted by atomic mass is 15.3. The number of nitrogens with zero attached hydrogens (tertiary/aromatic N) is 3. The molecule has 0 radical (unpaired) electrons. The third kappa shape index (κ3) is 1.96. The SMILES string of the molecule is CCc1ccnc(N2CCCc3ccccc32)n1. The zero-order valence-electron chi connectivity index (χ0n) is 10.6. The largest absolute Gasteiger partial charge is 0.310 e. The summed E-state index contributed by atoms with van der Waals surface area (Å²) in [5.41, 5.74) is 3.76. The predicted molar refractivity (Wildman–Crippen MR) is 73.2 cm³/mol. The van der Waals surface area contributed by atoms with E-state index in [1.807, 2.05) is 12.3 Å². The molecule has 1 aromatic carbocycles. The van der Waals surface area contributed by atoms with Gasteiger partial charge in [-0.15, -0.1) is 0 Å². The summed E-state index contributed by atoms with van der Waals surface area (Å²) in [5, 5.41) is 0. The monoisotopic (exact) mass is 239 g/mol. The summed E-state index contributed by atoms with van der Waals surface area (Å²) < 4.78 is 0. The molecule has 0 N–H and O–H groups in total. The molecule has 0 saturated carbocycles. The molecule has 0 fully saturated rings. The fraction of sp³-hybridized carbons (Fsp3) is 0.333. The number of aromatic nitrogens is 2. The molecule has 3 heteroatoms. The van der Waals surface area contributed by atoms with Crippen molar-refractivity contribution in [3.05, 3.63) is 47.8 Å². The highest BCUT2D eigenvalue weighted by Gasteiger charge is 2.19. The number of fused-ring (bicyclic) bond motifs is 1. The number of anilines is 2. The molecule has 0 unspecified atom stereocenters. The highest BCUT2D eigenvalue weighted by molar-refractivity contribution is 5.63. The van der Waals surface area contributed by atoms with Gasteiger partial charge in [-0.3, -0.25) is 0 Å². The molecule has 92 valence electrons. The molecule has 0 amide bonds. The first-order valence-electron chi connectivity index (χ1n) is 6.56. The average molecular weight is 239 g/mol. The minimum atomic E-state index is 0.835.